The van der Waals surface area contributed by atoms with Crippen molar-refractivity contribution in [3.8, 4) is 0 Å². The lowest BCUT2D eigenvalue weighted by Gasteiger charge is -2.23. The summed E-state index contributed by atoms with van der Waals surface area (Å²) in [6.07, 6.45) is 6.68. The molecule has 1 nitrogen and oxygen atoms in total. The first-order valence-electron chi connectivity index (χ1n) is 5.63. The molecule has 1 atom stereocenters. The minimum absolute atomic E-state index is 0.864. The second-order valence-corrected chi connectivity index (χ2v) is 14.6. The van der Waals surface area contributed by atoms with Gasteiger partial charge in [0.1, 0.15) is 7.22 Å². The van der Waals surface area contributed by atoms with Crippen LogP contribution in [0.25, 0.3) is 0 Å². The molecular formula is C11H23NSSi. The summed E-state index contributed by atoms with van der Waals surface area (Å²) in [5.41, 5.74) is 1.46. The maximum absolute atomic E-state index is 4.41. The third kappa shape index (κ3) is 4.65. The highest BCUT2D eigenvalue weighted by molar-refractivity contribution is 8.29. The van der Waals surface area contributed by atoms with Crippen molar-refractivity contribution in [1.82, 2.24) is 0 Å². The molecule has 0 bridgehead atoms. The highest BCUT2D eigenvalue weighted by atomic mass is 32.4. The fourth-order valence-electron chi connectivity index (χ4n) is 1.97. The zero-order valence-corrected chi connectivity index (χ0v) is 11.8. The molecule has 1 unspecified atom stereocenters. The van der Waals surface area contributed by atoms with Gasteiger partial charge < -0.3 is 0 Å². The van der Waals surface area contributed by atoms with Crippen molar-refractivity contribution < 1.29 is 0 Å². The predicted molar refractivity (Wildman–Crippen MR) is 71.2 cm³/mol. The van der Waals surface area contributed by atoms with Crippen LogP contribution in [0.4, 0.5) is 0 Å². The Morgan fingerprint density at radius 3 is 2.57 bits per heavy atom. The Morgan fingerprint density at radius 1 is 1.29 bits per heavy atom. The largest absolute Gasteiger partial charge is 0.297 e. The topological polar surface area (TPSA) is 12.4 Å². The lowest BCUT2D eigenvalue weighted by atomic mass is 10.2. The van der Waals surface area contributed by atoms with Crippen LogP contribution in [0, 0.1) is 0 Å². The minimum atomic E-state index is -0.948. The summed E-state index contributed by atoms with van der Waals surface area (Å²) in [5, 5.41) is 0.864. The van der Waals surface area contributed by atoms with E-state index in [1.54, 1.807) is 0 Å². The van der Waals surface area contributed by atoms with Crippen molar-refractivity contribution in [2.24, 2.45) is 4.99 Å². The Kier molecular flexibility index (Phi) is 4.71. The first kappa shape index (κ1) is 12.3. The van der Waals surface area contributed by atoms with E-state index in [4.69, 9.17) is 0 Å². The van der Waals surface area contributed by atoms with E-state index < -0.39 is 7.22 Å². The molecule has 0 N–H and O–H groups in total. The maximum atomic E-state index is 4.41. The van der Waals surface area contributed by atoms with Gasteiger partial charge in [-0.25, -0.2) is 0 Å². The lowest BCUT2D eigenvalue weighted by molar-refractivity contribution is 0.714. The van der Waals surface area contributed by atoms with Crippen LogP contribution < -0.4 is 0 Å². The van der Waals surface area contributed by atoms with Crippen LogP contribution in [-0.2, 0) is 0 Å². The van der Waals surface area contributed by atoms with Gasteiger partial charge in [-0.1, -0.05) is 26.1 Å². The molecule has 0 aromatic rings. The van der Waals surface area contributed by atoms with E-state index in [9.17, 15) is 0 Å². The molecule has 0 heterocycles. The van der Waals surface area contributed by atoms with E-state index in [2.05, 4.69) is 35.8 Å². The van der Waals surface area contributed by atoms with Gasteiger partial charge in [-0.2, -0.15) is 11.2 Å². The summed E-state index contributed by atoms with van der Waals surface area (Å²) in [6, 6.07) is 0. The monoisotopic (exact) mass is 229 g/mol. The van der Waals surface area contributed by atoms with E-state index in [-0.39, 0.29) is 0 Å². The van der Waals surface area contributed by atoms with Crippen LogP contribution >= 0.6 is 11.2 Å². The zero-order chi connectivity index (χ0) is 10.6. The molecule has 1 fully saturated rings. The van der Waals surface area contributed by atoms with Gasteiger partial charge in [0.2, 0.25) is 0 Å². The van der Waals surface area contributed by atoms with Crippen LogP contribution in [0.2, 0.25) is 19.6 Å². The molecule has 0 aromatic carbocycles. The SMILES string of the molecule is CN=C1CCCCC(S[Si](C)(C)C)C1. The summed E-state index contributed by atoms with van der Waals surface area (Å²) in [6.45, 7) is 7.35. The first-order valence-corrected chi connectivity index (χ1v) is 10.7. The number of nitrogens with zero attached hydrogens (tertiary/aromatic N) is 1. The molecule has 14 heavy (non-hydrogen) atoms. The van der Waals surface area contributed by atoms with E-state index in [1.165, 1.54) is 37.8 Å². The van der Waals surface area contributed by atoms with Crippen molar-refractivity contribution in [1.29, 1.82) is 0 Å². The van der Waals surface area contributed by atoms with Crippen molar-refractivity contribution in [3.05, 3.63) is 0 Å². The van der Waals surface area contributed by atoms with E-state index in [1.807, 2.05) is 7.05 Å². The summed E-state index contributed by atoms with van der Waals surface area (Å²) in [7, 11) is 1.01. The van der Waals surface area contributed by atoms with Crippen LogP contribution in [0.5, 0.6) is 0 Å². The third-order valence-electron chi connectivity index (χ3n) is 2.54. The van der Waals surface area contributed by atoms with Gasteiger partial charge in [-0.05, 0) is 25.7 Å². The van der Waals surface area contributed by atoms with E-state index in [0.717, 1.165) is 5.25 Å². The van der Waals surface area contributed by atoms with Gasteiger partial charge in [-0.15, -0.1) is 0 Å². The standard InChI is InChI=1S/C11H23NSSi/c1-12-10-7-5-6-8-11(9-10)13-14(2,3)4/h11H,5-9H2,1-4H3. The normalized spacial score (nSPS) is 27.7. The average Bonchev–Trinajstić information content (AvgIpc) is 2.26. The van der Waals surface area contributed by atoms with Crippen molar-refractivity contribution in [2.45, 2.75) is 57.0 Å². The Morgan fingerprint density at radius 2 is 2.00 bits per heavy atom. The van der Waals surface area contributed by atoms with Crippen LogP contribution in [0.3, 0.4) is 0 Å². The molecule has 1 aliphatic rings. The molecule has 1 aliphatic carbocycles. The molecule has 3 heteroatoms. The second kappa shape index (κ2) is 5.36. The van der Waals surface area contributed by atoms with E-state index in [0.29, 0.717) is 0 Å². The predicted octanol–water partition coefficient (Wildman–Crippen LogP) is 3.96. The fraction of sp³-hybridized carbons (Fsp3) is 0.909. The van der Waals surface area contributed by atoms with Crippen LogP contribution in [-0.4, -0.2) is 25.2 Å². The zero-order valence-electron chi connectivity index (χ0n) is 9.97. The molecule has 0 amide bonds. The third-order valence-corrected chi connectivity index (χ3v) is 7.11. The van der Waals surface area contributed by atoms with Crippen LogP contribution in [0.15, 0.2) is 4.99 Å². The van der Waals surface area contributed by atoms with Gasteiger partial charge in [0, 0.05) is 18.0 Å². The van der Waals surface area contributed by atoms with Crippen molar-refractivity contribution in [3.63, 3.8) is 0 Å². The first-order chi connectivity index (χ1) is 6.51. The molecule has 0 aromatic heterocycles. The van der Waals surface area contributed by atoms with Gasteiger partial charge in [-0.3, -0.25) is 4.99 Å². The number of rotatable bonds is 2. The van der Waals surface area contributed by atoms with Crippen LogP contribution in [0.1, 0.15) is 32.1 Å². The molecule has 0 aliphatic heterocycles. The Hall–Kier alpha value is 0.237. The molecule has 0 radical (unpaired) electrons. The minimum Gasteiger partial charge on any atom is -0.297 e. The number of hydrogen-bond acceptors (Lipinski definition) is 2. The summed E-state index contributed by atoms with van der Waals surface area (Å²) >= 11 is 2.27. The number of aliphatic imine (C=N–C) groups is 1. The van der Waals surface area contributed by atoms with Crippen molar-refractivity contribution in [2.75, 3.05) is 7.05 Å². The summed E-state index contributed by atoms with van der Waals surface area (Å²) < 4.78 is 0. The molecule has 1 saturated carbocycles. The molecular weight excluding hydrogens is 206 g/mol. The Labute approximate surface area is 93.4 Å². The fourth-order valence-corrected chi connectivity index (χ4v) is 7.14. The van der Waals surface area contributed by atoms with Gasteiger partial charge >= 0.3 is 0 Å². The molecule has 82 valence electrons. The van der Waals surface area contributed by atoms with Crippen molar-refractivity contribution >= 4 is 24.1 Å². The Bertz CT molecular complexity index is 208. The molecule has 0 spiro atoms. The van der Waals surface area contributed by atoms with Gasteiger partial charge in [0.15, 0.2) is 0 Å². The molecule has 1 rings (SSSR count). The number of hydrogen-bond donors (Lipinski definition) is 0. The quantitative estimate of drug-likeness (QED) is 0.516. The average molecular weight is 229 g/mol. The summed E-state index contributed by atoms with van der Waals surface area (Å²) in [5.74, 6) is 0. The second-order valence-electron chi connectivity index (χ2n) is 5.09. The smallest absolute Gasteiger partial charge is 0.108 e. The maximum Gasteiger partial charge on any atom is 0.108 e. The Balaban J connectivity index is 2.51. The van der Waals surface area contributed by atoms with Gasteiger partial charge in [0.05, 0.1) is 0 Å². The van der Waals surface area contributed by atoms with Gasteiger partial charge in [0.25, 0.3) is 0 Å². The van der Waals surface area contributed by atoms with E-state index >= 15 is 0 Å². The summed E-state index contributed by atoms with van der Waals surface area (Å²) in [4.78, 5) is 4.41. The highest BCUT2D eigenvalue weighted by Gasteiger charge is 2.23. The lowest BCUT2D eigenvalue weighted by Crippen LogP contribution is -2.21. The highest BCUT2D eigenvalue weighted by Crippen LogP contribution is 2.32. The molecule has 0 saturated heterocycles.